The maximum absolute atomic E-state index is 12.0. The minimum absolute atomic E-state index is 0.00194. The molecule has 0 saturated heterocycles. The lowest BCUT2D eigenvalue weighted by Gasteiger charge is -2.15. The molecule has 4 aromatic rings. The van der Waals surface area contributed by atoms with E-state index in [1.165, 1.54) is 6.20 Å². The number of carbonyl (C=O) groups is 1. The first kappa shape index (κ1) is 17.7. The number of hydrogen-bond acceptors (Lipinski definition) is 5. The van der Waals surface area contributed by atoms with E-state index in [1.807, 2.05) is 66.9 Å². The number of benzene rings is 1. The fourth-order valence-electron chi connectivity index (χ4n) is 3.17. The largest absolute Gasteiger partial charge is 0.365 e. The molecule has 3 N–H and O–H groups in total. The van der Waals surface area contributed by atoms with Gasteiger partial charge in [0.25, 0.3) is 5.91 Å². The molecular weight excluding hydrogens is 352 g/mol. The Hall–Kier alpha value is -3.74. The van der Waals surface area contributed by atoms with Crippen molar-refractivity contribution in [3.63, 3.8) is 0 Å². The maximum atomic E-state index is 12.0. The van der Waals surface area contributed by atoms with Crippen LogP contribution in [0.3, 0.4) is 0 Å². The van der Waals surface area contributed by atoms with Crippen LogP contribution in [0.15, 0.2) is 61.1 Å². The van der Waals surface area contributed by atoms with Crippen molar-refractivity contribution < 1.29 is 4.79 Å². The highest BCUT2D eigenvalue weighted by atomic mass is 16.1. The predicted molar refractivity (Wildman–Crippen MR) is 108 cm³/mol. The molecule has 1 amide bonds. The van der Waals surface area contributed by atoms with Gasteiger partial charge in [0, 0.05) is 12.4 Å². The van der Waals surface area contributed by atoms with Crippen LogP contribution in [0.4, 0.5) is 5.95 Å². The Morgan fingerprint density at radius 3 is 2.64 bits per heavy atom. The van der Waals surface area contributed by atoms with E-state index in [4.69, 9.17) is 5.73 Å². The standard InChI is InChI=1S/C21H20N6O/c1-13-7-6-10-27-17(12-23-20(13)27)18-16(19(22)28)11-24-21(26-18)25-14(2)15-8-4-3-5-9-15/h3-12,14H,1-2H3,(H2,22,28)(H,24,25,26)/t14-/m0/s1. The molecule has 0 bridgehead atoms. The van der Waals surface area contributed by atoms with E-state index in [1.54, 1.807) is 6.20 Å². The number of pyridine rings is 1. The van der Waals surface area contributed by atoms with Gasteiger partial charge in [0.05, 0.1) is 23.5 Å². The van der Waals surface area contributed by atoms with Crippen molar-refractivity contribution in [3.8, 4) is 11.4 Å². The van der Waals surface area contributed by atoms with Gasteiger partial charge in [0.15, 0.2) is 0 Å². The van der Waals surface area contributed by atoms with Crippen molar-refractivity contribution in [2.45, 2.75) is 19.9 Å². The van der Waals surface area contributed by atoms with Crippen molar-refractivity contribution in [1.82, 2.24) is 19.4 Å². The molecule has 4 rings (SSSR count). The first-order valence-corrected chi connectivity index (χ1v) is 8.96. The Labute approximate surface area is 162 Å². The summed E-state index contributed by atoms with van der Waals surface area (Å²) in [6.07, 6.45) is 5.04. The number of hydrogen-bond donors (Lipinski definition) is 2. The molecule has 3 heterocycles. The minimum atomic E-state index is -0.583. The van der Waals surface area contributed by atoms with Gasteiger partial charge in [-0.2, -0.15) is 0 Å². The number of anilines is 1. The Kier molecular flexibility index (Phi) is 4.49. The summed E-state index contributed by atoms with van der Waals surface area (Å²) < 4.78 is 1.90. The van der Waals surface area contributed by atoms with Crippen LogP contribution in [0.5, 0.6) is 0 Å². The van der Waals surface area contributed by atoms with E-state index in [0.717, 1.165) is 16.8 Å². The van der Waals surface area contributed by atoms with Gasteiger partial charge in [-0.25, -0.2) is 15.0 Å². The van der Waals surface area contributed by atoms with Crippen molar-refractivity contribution in [3.05, 3.63) is 77.7 Å². The second-order valence-electron chi connectivity index (χ2n) is 6.63. The van der Waals surface area contributed by atoms with Crippen molar-refractivity contribution in [1.29, 1.82) is 0 Å². The number of nitrogens with zero attached hydrogens (tertiary/aromatic N) is 4. The van der Waals surface area contributed by atoms with Gasteiger partial charge in [-0.15, -0.1) is 0 Å². The van der Waals surface area contributed by atoms with Crippen LogP contribution < -0.4 is 11.1 Å². The summed E-state index contributed by atoms with van der Waals surface area (Å²) in [7, 11) is 0. The molecule has 1 atom stereocenters. The quantitative estimate of drug-likeness (QED) is 0.560. The van der Waals surface area contributed by atoms with Crippen LogP contribution >= 0.6 is 0 Å². The molecule has 7 nitrogen and oxygen atoms in total. The van der Waals surface area contributed by atoms with Gasteiger partial charge < -0.3 is 11.1 Å². The van der Waals surface area contributed by atoms with E-state index in [9.17, 15) is 4.79 Å². The average molecular weight is 372 g/mol. The second kappa shape index (κ2) is 7.11. The summed E-state index contributed by atoms with van der Waals surface area (Å²) in [6.45, 7) is 4.01. The molecule has 0 aliphatic heterocycles. The highest BCUT2D eigenvalue weighted by Gasteiger charge is 2.18. The number of rotatable bonds is 5. The minimum Gasteiger partial charge on any atom is -0.365 e. The van der Waals surface area contributed by atoms with E-state index >= 15 is 0 Å². The number of nitrogens with one attached hydrogen (secondary N) is 1. The first-order valence-electron chi connectivity index (χ1n) is 8.96. The molecular formula is C21H20N6O. The number of carbonyl (C=O) groups excluding carboxylic acids is 1. The van der Waals surface area contributed by atoms with Crippen molar-refractivity contribution >= 4 is 17.5 Å². The number of imidazole rings is 1. The fraction of sp³-hybridized carbons (Fsp3) is 0.143. The summed E-state index contributed by atoms with van der Waals surface area (Å²) >= 11 is 0. The van der Waals surface area contributed by atoms with Crippen LogP contribution in [0, 0.1) is 6.92 Å². The topological polar surface area (TPSA) is 98.2 Å². The molecule has 0 spiro atoms. The Bertz CT molecular complexity index is 1150. The third-order valence-electron chi connectivity index (χ3n) is 4.67. The third-order valence-corrected chi connectivity index (χ3v) is 4.67. The lowest BCUT2D eigenvalue weighted by Crippen LogP contribution is -2.16. The number of primary amides is 1. The molecule has 0 unspecified atom stereocenters. The second-order valence-corrected chi connectivity index (χ2v) is 6.63. The average Bonchev–Trinajstić information content (AvgIpc) is 3.14. The van der Waals surface area contributed by atoms with Crippen LogP contribution in [0.25, 0.3) is 17.0 Å². The molecule has 0 aliphatic rings. The van der Waals surface area contributed by atoms with Crippen molar-refractivity contribution in [2.75, 3.05) is 5.32 Å². The lowest BCUT2D eigenvalue weighted by atomic mass is 10.1. The summed E-state index contributed by atoms with van der Waals surface area (Å²) in [5.74, 6) is -0.167. The van der Waals surface area contributed by atoms with Gasteiger partial charge >= 0.3 is 0 Å². The van der Waals surface area contributed by atoms with Crippen LogP contribution in [0.2, 0.25) is 0 Å². The number of aromatic nitrogens is 4. The van der Waals surface area contributed by atoms with Crippen LogP contribution in [0.1, 0.15) is 34.5 Å². The highest BCUT2D eigenvalue weighted by Crippen LogP contribution is 2.25. The molecule has 3 aromatic heterocycles. The summed E-state index contributed by atoms with van der Waals surface area (Å²) in [6, 6.07) is 13.9. The molecule has 0 aliphatic carbocycles. The third kappa shape index (κ3) is 3.18. The van der Waals surface area contributed by atoms with E-state index in [-0.39, 0.29) is 11.6 Å². The van der Waals surface area contributed by atoms with Gasteiger partial charge in [-0.1, -0.05) is 36.4 Å². The van der Waals surface area contributed by atoms with Gasteiger partial charge in [0.2, 0.25) is 5.95 Å². The first-order chi connectivity index (χ1) is 13.5. The van der Waals surface area contributed by atoms with E-state index in [0.29, 0.717) is 17.3 Å². The van der Waals surface area contributed by atoms with Gasteiger partial charge in [-0.05, 0) is 31.0 Å². The summed E-state index contributed by atoms with van der Waals surface area (Å²) in [4.78, 5) is 25.3. The molecule has 1 aromatic carbocycles. The van der Waals surface area contributed by atoms with Crippen LogP contribution in [-0.2, 0) is 0 Å². The molecule has 28 heavy (non-hydrogen) atoms. The monoisotopic (exact) mass is 372 g/mol. The zero-order valence-electron chi connectivity index (χ0n) is 15.6. The van der Waals surface area contributed by atoms with E-state index in [2.05, 4.69) is 20.3 Å². The molecule has 0 saturated carbocycles. The number of fused-ring (bicyclic) bond motifs is 1. The number of amides is 1. The van der Waals surface area contributed by atoms with Gasteiger partial charge in [0.1, 0.15) is 11.3 Å². The summed E-state index contributed by atoms with van der Waals surface area (Å²) in [5, 5.41) is 3.28. The van der Waals surface area contributed by atoms with E-state index < -0.39 is 5.91 Å². The predicted octanol–water partition coefficient (Wildman–Crippen LogP) is 3.37. The SMILES string of the molecule is Cc1cccn2c(-c3nc(N[C@@H](C)c4ccccc4)ncc3C(N)=O)cnc12. The fourth-order valence-corrected chi connectivity index (χ4v) is 3.17. The van der Waals surface area contributed by atoms with Gasteiger partial charge in [-0.3, -0.25) is 9.20 Å². The maximum Gasteiger partial charge on any atom is 0.252 e. The van der Waals surface area contributed by atoms with Crippen LogP contribution in [-0.4, -0.2) is 25.3 Å². The normalized spacial score (nSPS) is 12.1. The lowest BCUT2D eigenvalue weighted by molar-refractivity contribution is 0.100. The zero-order chi connectivity index (χ0) is 19.7. The zero-order valence-corrected chi connectivity index (χ0v) is 15.6. The molecule has 140 valence electrons. The summed E-state index contributed by atoms with van der Waals surface area (Å²) in [5.41, 5.74) is 9.89. The Balaban J connectivity index is 1.78. The number of aryl methyl sites for hydroxylation is 1. The van der Waals surface area contributed by atoms with Crippen molar-refractivity contribution in [2.24, 2.45) is 5.73 Å². The Morgan fingerprint density at radius 1 is 1.11 bits per heavy atom. The Morgan fingerprint density at radius 2 is 1.89 bits per heavy atom. The molecule has 7 heteroatoms. The molecule has 0 radical (unpaired) electrons. The molecule has 0 fully saturated rings. The smallest absolute Gasteiger partial charge is 0.252 e. The number of nitrogens with two attached hydrogens (primary N) is 1. The highest BCUT2D eigenvalue weighted by molar-refractivity contribution is 5.98.